The second-order valence-corrected chi connectivity index (χ2v) is 6.57. The van der Waals surface area contributed by atoms with Crippen LogP contribution in [0.5, 0.6) is 5.75 Å². The van der Waals surface area contributed by atoms with Crippen LogP contribution < -0.4 is 4.74 Å². The molecule has 0 bridgehead atoms. The number of para-hydroxylation sites is 2. The van der Waals surface area contributed by atoms with E-state index in [0.717, 1.165) is 23.7 Å². The molecule has 0 spiro atoms. The molecule has 1 fully saturated rings. The summed E-state index contributed by atoms with van der Waals surface area (Å²) in [5.74, 6) is 2.46. The molecule has 1 saturated heterocycles. The molecule has 9 nitrogen and oxygen atoms in total. The van der Waals surface area contributed by atoms with E-state index in [2.05, 4.69) is 10.1 Å². The van der Waals surface area contributed by atoms with Gasteiger partial charge in [-0.15, -0.1) is 5.10 Å². The summed E-state index contributed by atoms with van der Waals surface area (Å²) < 4.78 is 9.03. The van der Waals surface area contributed by atoms with E-state index in [1.807, 2.05) is 36.0 Å². The molecule has 1 amide bonds. The summed E-state index contributed by atoms with van der Waals surface area (Å²) in [7, 11) is 3.47. The smallest absolute Gasteiger partial charge is 0.222 e. The molecule has 1 atom stereocenters. The maximum atomic E-state index is 11.9. The molecule has 4 rings (SSSR count). The van der Waals surface area contributed by atoms with Crippen molar-refractivity contribution in [2.75, 3.05) is 20.7 Å². The molecule has 1 aliphatic heterocycles. The number of ether oxygens (including phenoxy) is 1. The fourth-order valence-corrected chi connectivity index (χ4v) is 3.36. The van der Waals surface area contributed by atoms with Crippen molar-refractivity contribution in [1.29, 1.82) is 0 Å². The summed E-state index contributed by atoms with van der Waals surface area (Å²) in [6.07, 6.45) is 4.38. The number of carbonyl (C=O) groups is 1. The Bertz CT molecular complexity index is 935. The predicted molar refractivity (Wildman–Crippen MR) is 96.6 cm³/mol. The number of amides is 1. The van der Waals surface area contributed by atoms with E-state index >= 15 is 0 Å². The van der Waals surface area contributed by atoms with Crippen molar-refractivity contribution in [3.8, 4) is 11.4 Å². The number of rotatable bonds is 5. The molecule has 3 aromatic rings. The first-order valence-corrected chi connectivity index (χ1v) is 8.81. The minimum Gasteiger partial charge on any atom is -0.494 e. The topological polar surface area (TPSA) is 91.0 Å². The van der Waals surface area contributed by atoms with Gasteiger partial charge in [-0.25, -0.2) is 19.3 Å². The molecule has 1 aliphatic rings. The molecule has 1 aromatic carbocycles. The summed E-state index contributed by atoms with van der Waals surface area (Å²) in [6.45, 7) is 1.05. The summed E-state index contributed by atoms with van der Waals surface area (Å²) >= 11 is 0. The second-order valence-electron chi connectivity index (χ2n) is 6.57. The van der Waals surface area contributed by atoms with Gasteiger partial charge in [0.05, 0.1) is 7.11 Å². The van der Waals surface area contributed by atoms with Gasteiger partial charge < -0.3 is 9.64 Å². The van der Waals surface area contributed by atoms with Gasteiger partial charge in [0.15, 0.2) is 5.82 Å². The first-order chi connectivity index (χ1) is 13.2. The average Bonchev–Trinajstić information content (AvgIpc) is 3.34. The Kier molecular flexibility index (Phi) is 4.57. The van der Waals surface area contributed by atoms with Crippen LogP contribution in [-0.2, 0) is 11.3 Å². The van der Waals surface area contributed by atoms with Gasteiger partial charge in [-0.1, -0.05) is 12.1 Å². The number of hydrogen-bond donors (Lipinski definition) is 0. The fraction of sp³-hybridized carbons (Fsp3) is 0.389. The van der Waals surface area contributed by atoms with Crippen LogP contribution in [0.2, 0.25) is 0 Å². The van der Waals surface area contributed by atoms with Crippen molar-refractivity contribution < 1.29 is 9.53 Å². The zero-order chi connectivity index (χ0) is 18.8. The normalized spacial score (nSPS) is 17.3. The van der Waals surface area contributed by atoms with Gasteiger partial charge in [0.25, 0.3) is 0 Å². The first-order valence-electron chi connectivity index (χ1n) is 8.81. The SMILES string of the molecule is COc1ccccc1-n1nc(Cn2cncn2)nc1[C@@H]1CCC(=O)N(C)C1. The minimum absolute atomic E-state index is 0.106. The van der Waals surface area contributed by atoms with Crippen molar-refractivity contribution in [3.05, 3.63) is 48.6 Å². The number of likely N-dealkylation sites (tertiary alicyclic amines) is 1. The number of methoxy groups -OCH3 is 1. The maximum absolute atomic E-state index is 11.9. The molecule has 0 N–H and O–H groups in total. The largest absolute Gasteiger partial charge is 0.494 e. The molecule has 27 heavy (non-hydrogen) atoms. The van der Waals surface area contributed by atoms with Gasteiger partial charge in [-0.3, -0.25) is 4.79 Å². The standard InChI is InChI=1S/C18H21N7O2/c1-23-9-13(7-8-17(23)26)18-21-16(10-24-12-19-11-20-24)22-25(18)14-5-3-4-6-15(14)27-2/h3-6,11-13H,7-10H2,1-2H3/t13-/m1/s1. The molecule has 0 unspecified atom stereocenters. The lowest BCUT2D eigenvalue weighted by molar-refractivity contribution is -0.132. The second kappa shape index (κ2) is 7.18. The highest BCUT2D eigenvalue weighted by atomic mass is 16.5. The lowest BCUT2D eigenvalue weighted by Crippen LogP contribution is -2.36. The van der Waals surface area contributed by atoms with Crippen molar-refractivity contribution in [1.82, 2.24) is 34.4 Å². The van der Waals surface area contributed by atoms with Crippen molar-refractivity contribution in [3.63, 3.8) is 0 Å². The Morgan fingerprint density at radius 1 is 1.30 bits per heavy atom. The van der Waals surface area contributed by atoms with Crippen molar-refractivity contribution in [2.45, 2.75) is 25.3 Å². The lowest BCUT2D eigenvalue weighted by Gasteiger charge is -2.29. The number of likely N-dealkylation sites (N-methyl/N-ethyl adjacent to an activating group) is 1. The van der Waals surface area contributed by atoms with Crippen LogP contribution in [-0.4, -0.2) is 61.0 Å². The molecule has 0 radical (unpaired) electrons. The van der Waals surface area contributed by atoms with Crippen molar-refractivity contribution in [2.24, 2.45) is 0 Å². The Balaban J connectivity index is 1.75. The molecular formula is C18H21N7O2. The highest BCUT2D eigenvalue weighted by molar-refractivity contribution is 5.76. The maximum Gasteiger partial charge on any atom is 0.222 e. The van der Waals surface area contributed by atoms with Gasteiger partial charge in [0.1, 0.15) is 36.5 Å². The molecular weight excluding hydrogens is 346 g/mol. The number of benzene rings is 1. The molecule has 9 heteroatoms. The van der Waals surface area contributed by atoms with Crippen LogP contribution >= 0.6 is 0 Å². The van der Waals surface area contributed by atoms with E-state index in [1.54, 1.807) is 23.0 Å². The van der Waals surface area contributed by atoms with E-state index in [9.17, 15) is 4.79 Å². The van der Waals surface area contributed by atoms with E-state index in [-0.39, 0.29) is 11.8 Å². The summed E-state index contributed by atoms with van der Waals surface area (Å²) in [5, 5.41) is 8.85. The van der Waals surface area contributed by atoms with E-state index < -0.39 is 0 Å². The molecule has 140 valence electrons. The first kappa shape index (κ1) is 17.2. The number of piperidine rings is 1. The summed E-state index contributed by atoms with van der Waals surface area (Å²) in [5.41, 5.74) is 0.826. The monoisotopic (exact) mass is 367 g/mol. The molecule has 0 saturated carbocycles. The van der Waals surface area contributed by atoms with Crippen LogP contribution in [0.15, 0.2) is 36.9 Å². The highest BCUT2D eigenvalue weighted by Gasteiger charge is 2.29. The highest BCUT2D eigenvalue weighted by Crippen LogP contribution is 2.30. The number of aromatic nitrogens is 6. The number of hydrogen-bond acceptors (Lipinski definition) is 6. The third kappa shape index (κ3) is 3.40. The van der Waals surface area contributed by atoms with Gasteiger partial charge in [-0.2, -0.15) is 5.10 Å². The summed E-state index contributed by atoms with van der Waals surface area (Å²) in [6, 6.07) is 7.71. The van der Waals surface area contributed by atoms with E-state index in [0.29, 0.717) is 25.3 Å². The van der Waals surface area contributed by atoms with E-state index in [4.69, 9.17) is 14.8 Å². The Morgan fingerprint density at radius 2 is 2.15 bits per heavy atom. The van der Waals surface area contributed by atoms with E-state index in [1.165, 1.54) is 6.33 Å². The predicted octanol–water partition coefficient (Wildman–Crippen LogP) is 1.25. The molecule has 0 aliphatic carbocycles. The van der Waals surface area contributed by atoms with Crippen molar-refractivity contribution >= 4 is 5.91 Å². The van der Waals surface area contributed by atoms with Crippen LogP contribution in [0.25, 0.3) is 5.69 Å². The quantitative estimate of drug-likeness (QED) is 0.674. The zero-order valence-corrected chi connectivity index (χ0v) is 15.3. The van der Waals surface area contributed by atoms with Crippen LogP contribution in [0, 0.1) is 0 Å². The number of nitrogens with zero attached hydrogens (tertiary/aromatic N) is 7. The molecule has 2 aromatic heterocycles. The lowest BCUT2D eigenvalue weighted by atomic mass is 9.97. The van der Waals surface area contributed by atoms with Gasteiger partial charge in [0, 0.05) is 25.9 Å². The van der Waals surface area contributed by atoms with Crippen LogP contribution in [0.1, 0.15) is 30.4 Å². The van der Waals surface area contributed by atoms with Gasteiger partial charge in [-0.05, 0) is 18.6 Å². The third-order valence-corrected chi connectivity index (χ3v) is 4.75. The third-order valence-electron chi connectivity index (χ3n) is 4.75. The Labute approximate surface area is 156 Å². The van der Waals surface area contributed by atoms with Crippen LogP contribution in [0.3, 0.4) is 0 Å². The number of carbonyl (C=O) groups excluding carboxylic acids is 1. The van der Waals surface area contributed by atoms with Gasteiger partial charge in [0.2, 0.25) is 5.91 Å². The Morgan fingerprint density at radius 3 is 2.89 bits per heavy atom. The fourth-order valence-electron chi connectivity index (χ4n) is 3.36. The molecule has 3 heterocycles. The zero-order valence-electron chi connectivity index (χ0n) is 15.3. The summed E-state index contributed by atoms with van der Waals surface area (Å²) in [4.78, 5) is 22.4. The van der Waals surface area contributed by atoms with Gasteiger partial charge >= 0.3 is 0 Å². The van der Waals surface area contributed by atoms with Crippen LogP contribution in [0.4, 0.5) is 0 Å². The minimum atomic E-state index is 0.106. The average molecular weight is 367 g/mol. The Hall–Kier alpha value is -3.23.